The highest BCUT2D eigenvalue weighted by Gasteiger charge is 2.23. The van der Waals surface area contributed by atoms with Gasteiger partial charge in [0.2, 0.25) is 6.79 Å². The second-order valence-corrected chi connectivity index (χ2v) is 5.08. The van der Waals surface area contributed by atoms with Crippen LogP contribution in [0.1, 0.15) is 25.0 Å². The number of rotatable bonds is 4. The van der Waals surface area contributed by atoms with Crippen molar-refractivity contribution >= 4 is 21.9 Å². The number of fused-ring (bicyclic) bond motifs is 1. The maximum atomic E-state index is 10.8. The van der Waals surface area contributed by atoms with E-state index in [4.69, 9.17) is 14.6 Å². The molecule has 0 aliphatic carbocycles. The first-order valence-corrected chi connectivity index (χ1v) is 6.28. The maximum Gasteiger partial charge on any atom is 0.306 e. The summed E-state index contributed by atoms with van der Waals surface area (Å²) in [7, 11) is 0. The quantitative estimate of drug-likeness (QED) is 0.891. The minimum absolute atomic E-state index is 0.152. The summed E-state index contributed by atoms with van der Waals surface area (Å²) in [6.07, 6.45) is -0.691. The molecule has 5 nitrogen and oxygen atoms in total. The van der Waals surface area contributed by atoms with Gasteiger partial charge < -0.3 is 19.7 Å². The Hall–Kier alpha value is -1.27. The average molecular weight is 317 g/mol. The van der Waals surface area contributed by atoms with Crippen LogP contribution < -0.4 is 9.47 Å². The fraction of sp³-hybridized carbons (Fsp3) is 0.417. The highest BCUT2D eigenvalue weighted by Crippen LogP contribution is 2.41. The molecule has 1 aromatic rings. The van der Waals surface area contributed by atoms with Crippen LogP contribution in [0.2, 0.25) is 0 Å². The number of carboxylic acid groups (broad SMARTS) is 1. The minimum atomic E-state index is -0.922. The monoisotopic (exact) mass is 316 g/mol. The Morgan fingerprint density at radius 2 is 2.22 bits per heavy atom. The van der Waals surface area contributed by atoms with E-state index in [-0.39, 0.29) is 13.2 Å². The number of aliphatic carboxylic acids is 1. The van der Waals surface area contributed by atoms with Crippen LogP contribution in [0.5, 0.6) is 11.5 Å². The van der Waals surface area contributed by atoms with Gasteiger partial charge in [0.1, 0.15) is 0 Å². The molecule has 1 heterocycles. The van der Waals surface area contributed by atoms with Gasteiger partial charge >= 0.3 is 5.97 Å². The Bertz CT molecular complexity index is 474. The van der Waals surface area contributed by atoms with E-state index in [1.54, 1.807) is 19.1 Å². The first kappa shape index (κ1) is 13.2. The molecule has 2 atom stereocenters. The summed E-state index contributed by atoms with van der Waals surface area (Å²) in [6.45, 7) is 1.71. The van der Waals surface area contributed by atoms with E-state index in [0.29, 0.717) is 21.5 Å². The smallest absolute Gasteiger partial charge is 0.306 e. The number of benzene rings is 1. The van der Waals surface area contributed by atoms with Gasteiger partial charge in [-0.3, -0.25) is 4.79 Å². The number of ether oxygens (including phenoxy) is 2. The van der Waals surface area contributed by atoms with E-state index in [1.807, 2.05) is 0 Å². The molecule has 6 heteroatoms. The largest absolute Gasteiger partial charge is 0.481 e. The molecule has 0 saturated carbocycles. The molecule has 1 aromatic carbocycles. The number of carbonyl (C=O) groups is 1. The third-order valence-electron chi connectivity index (χ3n) is 2.83. The molecule has 0 aromatic heterocycles. The standard InChI is InChI=1S/C12H13BrO5/c1-6(12(15)16)2-9(14)7-3-8(13)11-10(4-7)17-5-18-11/h3-4,6,9,14H,2,5H2,1H3,(H,15,16). The SMILES string of the molecule is CC(CC(O)c1cc(Br)c2c(c1)OCO2)C(=O)O. The molecule has 18 heavy (non-hydrogen) atoms. The zero-order chi connectivity index (χ0) is 13.3. The third-order valence-corrected chi connectivity index (χ3v) is 3.42. The van der Waals surface area contributed by atoms with Gasteiger partial charge in [-0.25, -0.2) is 0 Å². The second-order valence-electron chi connectivity index (χ2n) is 4.23. The zero-order valence-electron chi connectivity index (χ0n) is 9.72. The Morgan fingerprint density at radius 3 is 2.89 bits per heavy atom. The van der Waals surface area contributed by atoms with Crippen LogP contribution in [0, 0.1) is 5.92 Å². The number of aliphatic hydroxyl groups is 1. The Morgan fingerprint density at radius 1 is 1.50 bits per heavy atom. The number of halogens is 1. The summed E-state index contributed by atoms with van der Waals surface area (Å²) >= 11 is 3.33. The molecule has 0 bridgehead atoms. The van der Waals surface area contributed by atoms with E-state index in [2.05, 4.69) is 15.9 Å². The van der Waals surface area contributed by atoms with Gasteiger partial charge in [-0.05, 0) is 40.0 Å². The summed E-state index contributed by atoms with van der Waals surface area (Å²) in [4.78, 5) is 10.8. The van der Waals surface area contributed by atoms with Gasteiger partial charge in [-0.1, -0.05) is 6.92 Å². The van der Waals surface area contributed by atoms with Crippen molar-refractivity contribution in [2.45, 2.75) is 19.4 Å². The second kappa shape index (κ2) is 5.16. The molecule has 0 spiro atoms. The van der Waals surface area contributed by atoms with Crippen molar-refractivity contribution in [1.82, 2.24) is 0 Å². The predicted molar refractivity (Wildman–Crippen MR) is 66.6 cm³/mol. The van der Waals surface area contributed by atoms with Crippen molar-refractivity contribution in [2.75, 3.05) is 6.79 Å². The molecule has 1 aliphatic heterocycles. The Labute approximate surface area is 112 Å². The van der Waals surface area contributed by atoms with E-state index in [1.165, 1.54) is 0 Å². The summed E-state index contributed by atoms with van der Waals surface area (Å²) in [5.41, 5.74) is 0.610. The number of hydrogen-bond acceptors (Lipinski definition) is 4. The summed E-state index contributed by atoms with van der Waals surface area (Å²) in [5, 5.41) is 18.8. The topological polar surface area (TPSA) is 76.0 Å². The molecule has 2 rings (SSSR count). The van der Waals surface area contributed by atoms with Gasteiger partial charge in [0, 0.05) is 0 Å². The molecule has 2 N–H and O–H groups in total. The van der Waals surface area contributed by atoms with Crippen molar-refractivity contribution in [3.8, 4) is 11.5 Å². The molecular weight excluding hydrogens is 304 g/mol. The van der Waals surface area contributed by atoms with Crippen LogP contribution >= 0.6 is 15.9 Å². The van der Waals surface area contributed by atoms with Gasteiger partial charge in [-0.15, -0.1) is 0 Å². The minimum Gasteiger partial charge on any atom is -0.481 e. The van der Waals surface area contributed by atoms with Crippen molar-refractivity contribution in [3.05, 3.63) is 22.2 Å². The number of aliphatic hydroxyl groups excluding tert-OH is 1. The third kappa shape index (κ3) is 2.59. The fourth-order valence-corrected chi connectivity index (χ4v) is 2.33. The van der Waals surface area contributed by atoms with E-state index in [0.717, 1.165) is 0 Å². The summed E-state index contributed by atoms with van der Waals surface area (Å²) < 4.78 is 11.2. The highest BCUT2D eigenvalue weighted by molar-refractivity contribution is 9.10. The predicted octanol–water partition coefficient (Wildman–Crippen LogP) is 2.32. The lowest BCUT2D eigenvalue weighted by molar-refractivity contribution is -0.142. The number of carboxylic acids is 1. The van der Waals surface area contributed by atoms with Crippen molar-refractivity contribution in [2.24, 2.45) is 5.92 Å². The van der Waals surface area contributed by atoms with Gasteiger partial charge in [0.15, 0.2) is 11.5 Å². The van der Waals surface area contributed by atoms with Crippen LogP contribution in [0.3, 0.4) is 0 Å². The molecule has 0 amide bonds. The van der Waals surface area contributed by atoms with E-state index < -0.39 is 18.0 Å². The summed E-state index contributed by atoms with van der Waals surface area (Å²) in [6, 6.07) is 3.39. The van der Waals surface area contributed by atoms with Gasteiger partial charge in [0.05, 0.1) is 16.5 Å². The zero-order valence-corrected chi connectivity index (χ0v) is 11.3. The van der Waals surface area contributed by atoms with Crippen LogP contribution in [0.15, 0.2) is 16.6 Å². The molecule has 0 fully saturated rings. The first-order valence-electron chi connectivity index (χ1n) is 5.49. The van der Waals surface area contributed by atoms with Crippen LogP contribution in [0.25, 0.3) is 0 Å². The molecule has 0 radical (unpaired) electrons. The molecule has 2 unspecified atom stereocenters. The van der Waals surface area contributed by atoms with Crippen LogP contribution in [-0.4, -0.2) is 23.0 Å². The Kier molecular flexibility index (Phi) is 3.77. The average Bonchev–Trinajstić information content (AvgIpc) is 2.77. The molecular formula is C12H13BrO5. The number of hydrogen-bond donors (Lipinski definition) is 2. The Balaban J connectivity index is 2.18. The fourth-order valence-electron chi connectivity index (χ4n) is 1.75. The van der Waals surface area contributed by atoms with E-state index >= 15 is 0 Å². The van der Waals surface area contributed by atoms with Crippen molar-refractivity contribution in [1.29, 1.82) is 0 Å². The highest BCUT2D eigenvalue weighted by atomic mass is 79.9. The lowest BCUT2D eigenvalue weighted by atomic mass is 9.98. The van der Waals surface area contributed by atoms with Crippen molar-refractivity contribution < 1.29 is 24.5 Å². The van der Waals surface area contributed by atoms with Gasteiger partial charge in [0.25, 0.3) is 0 Å². The van der Waals surface area contributed by atoms with Gasteiger partial charge in [-0.2, -0.15) is 0 Å². The maximum absolute atomic E-state index is 10.8. The van der Waals surface area contributed by atoms with Crippen LogP contribution in [-0.2, 0) is 4.79 Å². The van der Waals surface area contributed by atoms with Crippen LogP contribution in [0.4, 0.5) is 0 Å². The lowest BCUT2D eigenvalue weighted by Gasteiger charge is -2.14. The lowest BCUT2D eigenvalue weighted by Crippen LogP contribution is -2.13. The molecule has 0 saturated heterocycles. The molecule has 98 valence electrons. The van der Waals surface area contributed by atoms with E-state index in [9.17, 15) is 9.90 Å². The normalized spacial score (nSPS) is 16.4. The molecule has 1 aliphatic rings. The van der Waals surface area contributed by atoms with Crippen molar-refractivity contribution in [3.63, 3.8) is 0 Å². The summed E-state index contributed by atoms with van der Waals surface area (Å²) in [5.74, 6) is -0.364. The first-order chi connectivity index (χ1) is 8.49.